The summed E-state index contributed by atoms with van der Waals surface area (Å²) < 4.78 is 2.45. The molecule has 0 bridgehead atoms. The molecule has 6 nitrogen and oxygen atoms in total. The lowest BCUT2D eigenvalue weighted by Gasteiger charge is -2.37. The van der Waals surface area contributed by atoms with Crippen LogP contribution < -0.4 is 0 Å². The molecule has 8 heteroatoms. The largest absolute Gasteiger partial charge is 0.337 e. The third-order valence-corrected chi connectivity index (χ3v) is 7.63. The molecule has 162 valence electrons. The quantitative estimate of drug-likeness (QED) is 0.497. The number of likely N-dealkylation sites (tertiary alicyclic amines) is 2. The van der Waals surface area contributed by atoms with Crippen LogP contribution in [0.25, 0.3) is 0 Å². The average molecular weight is 440 g/mol. The molecule has 29 heavy (non-hydrogen) atoms. The molecule has 2 saturated heterocycles. The summed E-state index contributed by atoms with van der Waals surface area (Å²) in [4.78, 5) is 25.7. The molecular weight excluding hydrogens is 406 g/mol. The number of rotatable bonds is 6. The minimum atomic E-state index is -0.00951. The van der Waals surface area contributed by atoms with Crippen LogP contribution >= 0.6 is 23.5 Å². The van der Waals surface area contributed by atoms with Crippen LogP contribution in [-0.4, -0.2) is 81.5 Å². The third kappa shape index (κ3) is 6.06. The Morgan fingerprint density at radius 1 is 1.21 bits per heavy atom. The van der Waals surface area contributed by atoms with Crippen molar-refractivity contribution in [3.05, 3.63) is 22.7 Å². The van der Waals surface area contributed by atoms with Gasteiger partial charge in [0.25, 0.3) is 5.91 Å². The maximum absolute atomic E-state index is 12.9. The summed E-state index contributed by atoms with van der Waals surface area (Å²) in [6, 6.07) is 0.710. The number of nitrogens with zero attached hydrogens (tertiary/aromatic N) is 5. The minimum Gasteiger partial charge on any atom is -0.337 e. The van der Waals surface area contributed by atoms with Crippen molar-refractivity contribution in [2.45, 2.75) is 52.0 Å². The number of hydrogen-bond acceptors (Lipinski definition) is 6. The van der Waals surface area contributed by atoms with Gasteiger partial charge in [-0.3, -0.25) is 9.10 Å². The predicted octanol–water partition coefficient (Wildman–Crippen LogP) is 3.75. The zero-order valence-electron chi connectivity index (χ0n) is 17.9. The number of halogens is 1. The van der Waals surface area contributed by atoms with Gasteiger partial charge >= 0.3 is 0 Å². The second kappa shape index (κ2) is 10.9. The summed E-state index contributed by atoms with van der Waals surface area (Å²) >= 11 is 8.02. The van der Waals surface area contributed by atoms with E-state index in [1.54, 1.807) is 0 Å². The highest BCUT2D eigenvalue weighted by atomic mass is 35.5. The standard InChI is InChI=1S/C21H34ClN5OS/c1-4-29-25(3)18-8-11-26(12-9-18)14-17-6-5-10-27(13-7-17)21(28)19-16(2)20(22)24-15-23-19/h15,17-18H,4-14H2,1-3H3. The first-order valence-corrected chi connectivity index (χ1v) is 12.2. The Morgan fingerprint density at radius 3 is 2.69 bits per heavy atom. The van der Waals surface area contributed by atoms with Crippen molar-refractivity contribution < 1.29 is 4.79 Å². The van der Waals surface area contributed by atoms with Gasteiger partial charge in [-0.1, -0.05) is 30.5 Å². The Kier molecular flexibility index (Phi) is 8.59. The van der Waals surface area contributed by atoms with E-state index in [4.69, 9.17) is 11.6 Å². The molecule has 1 aromatic rings. The molecule has 0 spiro atoms. The monoisotopic (exact) mass is 439 g/mol. The van der Waals surface area contributed by atoms with Gasteiger partial charge in [0.05, 0.1) is 0 Å². The van der Waals surface area contributed by atoms with Crippen molar-refractivity contribution in [2.75, 3.05) is 45.5 Å². The molecular formula is C21H34ClN5OS. The first kappa shape index (κ1) is 22.8. The Hall–Kier alpha value is -0.890. The van der Waals surface area contributed by atoms with Crippen LogP contribution in [0.4, 0.5) is 0 Å². The lowest BCUT2D eigenvalue weighted by Crippen LogP contribution is -2.43. The summed E-state index contributed by atoms with van der Waals surface area (Å²) in [5.74, 6) is 1.81. The van der Waals surface area contributed by atoms with Crippen molar-refractivity contribution >= 4 is 29.5 Å². The van der Waals surface area contributed by atoms with E-state index >= 15 is 0 Å². The van der Waals surface area contributed by atoms with Gasteiger partial charge in [-0.15, -0.1) is 0 Å². The third-order valence-electron chi connectivity index (χ3n) is 6.28. The highest BCUT2D eigenvalue weighted by Crippen LogP contribution is 2.25. The lowest BCUT2D eigenvalue weighted by molar-refractivity contribution is 0.0751. The van der Waals surface area contributed by atoms with Crippen molar-refractivity contribution in [3.63, 3.8) is 0 Å². The summed E-state index contributed by atoms with van der Waals surface area (Å²) in [6.07, 6.45) is 7.21. The van der Waals surface area contributed by atoms with Crippen LogP contribution in [0.1, 0.15) is 55.1 Å². The number of amides is 1. The van der Waals surface area contributed by atoms with E-state index in [-0.39, 0.29) is 5.91 Å². The number of carbonyl (C=O) groups is 1. The van der Waals surface area contributed by atoms with E-state index < -0.39 is 0 Å². The maximum atomic E-state index is 12.9. The molecule has 0 aromatic carbocycles. The van der Waals surface area contributed by atoms with Gasteiger partial charge in [0.1, 0.15) is 17.2 Å². The SMILES string of the molecule is CCSN(C)C1CCN(CC2CCCN(C(=O)c3ncnc(Cl)c3C)CC2)CC1. The zero-order valence-corrected chi connectivity index (χ0v) is 19.5. The fourth-order valence-corrected chi connectivity index (χ4v) is 5.45. The molecule has 1 unspecified atom stereocenters. The molecule has 0 N–H and O–H groups in total. The van der Waals surface area contributed by atoms with Gasteiger partial charge in [0.15, 0.2) is 0 Å². The average Bonchev–Trinajstić information content (AvgIpc) is 2.96. The van der Waals surface area contributed by atoms with Gasteiger partial charge < -0.3 is 9.80 Å². The Balaban J connectivity index is 1.48. The van der Waals surface area contributed by atoms with Gasteiger partial charge in [-0.05, 0) is 65.1 Å². The first-order chi connectivity index (χ1) is 14.0. The molecule has 3 heterocycles. The second-order valence-electron chi connectivity index (χ2n) is 8.22. The molecule has 2 aliphatic rings. The molecule has 2 fully saturated rings. The number of piperidine rings is 1. The zero-order chi connectivity index (χ0) is 20.8. The van der Waals surface area contributed by atoms with E-state index in [2.05, 4.69) is 33.1 Å². The highest BCUT2D eigenvalue weighted by Gasteiger charge is 2.27. The highest BCUT2D eigenvalue weighted by molar-refractivity contribution is 7.96. The molecule has 2 aliphatic heterocycles. The van der Waals surface area contributed by atoms with Crippen LogP contribution in [0.3, 0.4) is 0 Å². The van der Waals surface area contributed by atoms with Gasteiger partial charge in [0.2, 0.25) is 0 Å². The summed E-state index contributed by atoms with van der Waals surface area (Å²) in [5.41, 5.74) is 1.12. The molecule has 1 aromatic heterocycles. The lowest BCUT2D eigenvalue weighted by atomic mass is 9.97. The van der Waals surface area contributed by atoms with Crippen molar-refractivity contribution in [3.8, 4) is 0 Å². The van der Waals surface area contributed by atoms with Crippen LogP contribution in [0.15, 0.2) is 6.33 Å². The number of hydrogen-bond donors (Lipinski definition) is 0. The summed E-state index contributed by atoms with van der Waals surface area (Å²) in [7, 11) is 2.23. The number of aromatic nitrogens is 2. The maximum Gasteiger partial charge on any atom is 0.272 e. The Bertz CT molecular complexity index is 683. The van der Waals surface area contributed by atoms with Crippen molar-refractivity contribution in [1.82, 2.24) is 24.1 Å². The van der Waals surface area contributed by atoms with Gasteiger partial charge in [-0.25, -0.2) is 9.97 Å². The topological polar surface area (TPSA) is 52.6 Å². The fraction of sp³-hybridized carbons (Fsp3) is 0.762. The molecule has 1 amide bonds. The molecule has 3 rings (SSSR count). The Labute approximate surface area is 184 Å². The second-order valence-corrected chi connectivity index (χ2v) is 9.99. The van der Waals surface area contributed by atoms with Gasteiger partial charge in [-0.2, -0.15) is 0 Å². The fourth-order valence-electron chi connectivity index (χ4n) is 4.48. The van der Waals surface area contributed by atoms with E-state index in [1.165, 1.54) is 38.7 Å². The molecule has 0 radical (unpaired) electrons. The van der Waals surface area contributed by atoms with Crippen LogP contribution in [-0.2, 0) is 0 Å². The Morgan fingerprint density at radius 2 is 1.97 bits per heavy atom. The van der Waals surface area contributed by atoms with Crippen molar-refractivity contribution in [1.29, 1.82) is 0 Å². The van der Waals surface area contributed by atoms with E-state index in [0.717, 1.165) is 38.2 Å². The number of carbonyl (C=O) groups excluding carboxylic acids is 1. The normalized spacial score (nSPS) is 22.1. The van der Waals surface area contributed by atoms with Gasteiger partial charge in [0, 0.05) is 37.0 Å². The van der Waals surface area contributed by atoms with Crippen LogP contribution in [0, 0.1) is 12.8 Å². The molecule has 0 aliphatic carbocycles. The molecule has 0 saturated carbocycles. The molecule has 1 atom stereocenters. The van der Waals surface area contributed by atoms with Crippen LogP contribution in [0.5, 0.6) is 0 Å². The summed E-state index contributed by atoms with van der Waals surface area (Å²) in [6.45, 7) is 9.19. The van der Waals surface area contributed by atoms with Crippen LogP contribution in [0.2, 0.25) is 5.15 Å². The van der Waals surface area contributed by atoms with E-state index in [1.807, 2.05) is 23.8 Å². The smallest absolute Gasteiger partial charge is 0.272 e. The van der Waals surface area contributed by atoms with E-state index in [0.29, 0.717) is 28.4 Å². The summed E-state index contributed by atoms with van der Waals surface area (Å²) in [5, 5.41) is 0.363. The van der Waals surface area contributed by atoms with E-state index in [9.17, 15) is 4.79 Å². The predicted molar refractivity (Wildman–Crippen MR) is 120 cm³/mol. The minimum absolute atomic E-state index is 0.00951. The first-order valence-electron chi connectivity index (χ1n) is 10.8. The van der Waals surface area contributed by atoms with Crippen molar-refractivity contribution in [2.24, 2.45) is 5.92 Å².